The zero-order valence-electron chi connectivity index (χ0n) is 14.6. The van der Waals surface area contributed by atoms with E-state index in [2.05, 4.69) is 5.32 Å². The number of hydrogen-bond acceptors (Lipinski definition) is 3. The van der Waals surface area contributed by atoms with Crippen molar-refractivity contribution in [3.8, 4) is 0 Å². The lowest BCUT2D eigenvalue weighted by Crippen LogP contribution is -2.55. The molecule has 0 aromatic heterocycles. The lowest BCUT2D eigenvalue weighted by atomic mass is 10.00. The number of aliphatic hydroxyl groups excluding tert-OH is 1. The van der Waals surface area contributed by atoms with Crippen molar-refractivity contribution in [2.45, 2.75) is 25.0 Å². The van der Waals surface area contributed by atoms with Gasteiger partial charge in [0.15, 0.2) is 0 Å². The Morgan fingerprint density at radius 1 is 1.11 bits per heavy atom. The molecule has 1 aliphatic rings. The molecule has 142 valence electrons. The normalized spacial score (nSPS) is 19.6. The number of rotatable bonds is 4. The van der Waals surface area contributed by atoms with Gasteiger partial charge in [0.1, 0.15) is 11.6 Å². The number of β-amino-alcohol motifs (C(OH)–C–C–N with tert-alkyl or cyclic N) is 1. The van der Waals surface area contributed by atoms with Crippen LogP contribution < -0.4 is 5.32 Å². The summed E-state index contributed by atoms with van der Waals surface area (Å²) in [7, 11) is 0. The van der Waals surface area contributed by atoms with Crippen LogP contribution in [-0.4, -0.2) is 47.1 Å². The number of carbonyl (C=O) groups excluding carboxylic acids is 2. The fourth-order valence-corrected chi connectivity index (χ4v) is 3.20. The molecule has 0 saturated carbocycles. The molecule has 1 heterocycles. The fraction of sp³-hybridized carbons (Fsp3) is 0.300. The minimum absolute atomic E-state index is 0.104. The largest absolute Gasteiger partial charge is 0.389 e. The second-order valence-electron chi connectivity index (χ2n) is 6.60. The summed E-state index contributed by atoms with van der Waals surface area (Å²) in [6.45, 7) is 0.498. The van der Waals surface area contributed by atoms with Crippen molar-refractivity contribution in [1.29, 1.82) is 0 Å². The highest BCUT2D eigenvalue weighted by Crippen LogP contribution is 2.15. The Kier molecular flexibility index (Phi) is 5.81. The summed E-state index contributed by atoms with van der Waals surface area (Å²) < 4.78 is 26.4. The summed E-state index contributed by atoms with van der Waals surface area (Å²) in [4.78, 5) is 26.1. The van der Waals surface area contributed by atoms with Crippen LogP contribution in [0.4, 0.5) is 8.78 Å². The molecular weight excluding hydrogens is 354 g/mol. The SMILES string of the molecule is O=C(Cc1cc(F)cc(F)c1)N[C@@H]1CCN(C(=O)c2ccccc2)C[C@H]1O. The first-order chi connectivity index (χ1) is 12.9. The van der Waals surface area contributed by atoms with E-state index >= 15 is 0 Å². The first kappa shape index (κ1) is 19.0. The summed E-state index contributed by atoms with van der Waals surface area (Å²) in [5.41, 5.74) is 0.761. The molecule has 0 radical (unpaired) electrons. The molecule has 7 heteroatoms. The topological polar surface area (TPSA) is 69.6 Å². The van der Waals surface area contributed by atoms with Gasteiger partial charge in [0.2, 0.25) is 5.91 Å². The summed E-state index contributed by atoms with van der Waals surface area (Å²) in [5, 5.41) is 13.0. The number of carbonyl (C=O) groups is 2. The molecule has 0 spiro atoms. The monoisotopic (exact) mass is 374 g/mol. The first-order valence-corrected chi connectivity index (χ1v) is 8.69. The Morgan fingerprint density at radius 2 is 1.78 bits per heavy atom. The summed E-state index contributed by atoms with van der Waals surface area (Å²) >= 11 is 0. The van der Waals surface area contributed by atoms with E-state index in [1.165, 1.54) is 0 Å². The van der Waals surface area contributed by atoms with Crippen molar-refractivity contribution in [2.75, 3.05) is 13.1 Å². The molecule has 0 unspecified atom stereocenters. The highest BCUT2D eigenvalue weighted by atomic mass is 19.1. The number of amides is 2. The highest BCUT2D eigenvalue weighted by Gasteiger charge is 2.31. The van der Waals surface area contributed by atoms with Gasteiger partial charge in [0.25, 0.3) is 5.91 Å². The van der Waals surface area contributed by atoms with Crippen LogP contribution in [0.1, 0.15) is 22.3 Å². The highest BCUT2D eigenvalue weighted by molar-refractivity contribution is 5.94. The van der Waals surface area contributed by atoms with E-state index < -0.39 is 29.7 Å². The third-order valence-electron chi connectivity index (χ3n) is 4.52. The van der Waals surface area contributed by atoms with E-state index in [-0.39, 0.29) is 24.4 Å². The molecule has 5 nitrogen and oxygen atoms in total. The molecule has 1 saturated heterocycles. The van der Waals surface area contributed by atoms with Gasteiger partial charge in [0.05, 0.1) is 18.6 Å². The molecule has 27 heavy (non-hydrogen) atoms. The third kappa shape index (κ3) is 4.89. The predicted molar refractivity (Wildman–Crippen MR) is 95.0 cm³/mol. The number of aliphatic hydroxyl groups is 1. The number of nitrogens with one attached hydrogen (secondary N) is 1. The van der Waals surface area contributed by atoms with E-state index in [0.29, 0.717) is 18.5 Å². The van der Waals surface area contributed by atoms with Gasteiger partial charge in [-0.1, -0.05) is 18.2 Å². The molecule has 2 N–H and O–H groups in total. The lowest BCUT2D eigenvalue weighted by Gasteiger charge is -2.36. The van der Waals surface area contributed by atoms with Crippen molar-refractivity contribution in [3.63, 3.8) is 0 Å². The van der Waals surface area contributed by atoms with Gasteiger partial charge >= 0.3 is 0 Å². The zero-order chi connectivity index (χ0) is 19.4. The zero-order valence-corrected chi connectivity index (χ0v) is 14.6. The molecule has 2 aromatic rings. The Bertz CT molecular complexity index is 809. The molecule has 1 aliphatic heterocycles. The maximum Gasteiger partial charge on any atom is 0.253 e. The standard InChI is InChI=1S/C20H20F2N2O3/c21-15-8-13(9-16(22)11-15)10-19(26)23-17-6-7-24(12-18(17)25)20(27)14-4-2-1-3-5-14/h1-5,8-9,11,17-18,25H,6-7,10,12H2,(H,23,26)/t17-,18-/m1/s1. The minimum Gasteiger partial charge on any atom is -0.389 e. The molecule has 2 aromatic carbocycles. The van der Waals surface area contributed by atoms with E-state index in [1.807, 2.05) is 6.07 Å². The second-order valence-corrected chi connectivity index (χ2v) is 6.60. The van der Waals surface area contributed by atoms with Crippen LogP contribution >= 0.6 is 0 Å². The maximum absolute atomic E-state index is 13.2. The molecule has 2 amide bonds. The van der Waals surface area contributed by atoms with Gasteiger partial charge in [-0.15, -0.1) is 0 Å². The van der Waals surface area contributed by atoms with Gasteiger partial charge in [-0.2, -0.15) is 0 Å². The Morgan fingerprint density at radius 3 is 2.41 bits per heavy atom. The van der Waals surface area contributed by atoms with Crippen molar-refractivity contribution >= 4 is 11.8 Å². The van der Waals surface area contributed by atoms with Crippen molar-refractivity contribution in [1.82, 2.24) is 10.2 Å². The van der Waals surface area contributed by atoms with Gasteiger partial charge in [0, 0.05) is 24.7 Å². The summed E-state index contributed by atoms with van der Waals surface area (Å²) in [6, 6.07) is 11.2. The predicted octanol–water partition coefficient (Wildman–Crippen LogP) is 1.90. The summed E-state index contributed by atoms with van der Waals surface area (Å²) in [5.74, 6) is -2.10. The van der Waals surface area contributed by atoms with Crippen LogP contribution in [0.15, 0.2) is 48.5 Å². The number of benzene rings is 2. The van der Waals surface area contributed by atoms with E-state index in [9.17, 15) is 23.5 Å². The average molecular weight is 374 g/mol. The summed E-state index contributed by atoms with van der Waals surface area (Å²) in [6.07, 6.45) is -0.715. The number of piperidine rings is 1. The van der Waals surface area contributed by atoms with Crippen LogP contribution in [0.3, 0.4) is 0 Å². The van der Waals surface area contributed by atoms with E-state index in [1.54, 1.807) is 29.2 Å². The van der Waals surface area contributed by atoms with Crippen molar-refractivity contribution in [3.05, 3.63) is 71.3 Å². The molecule has 3 rings (SSSR count). The first-order valence-electron chi connectivity index (χ1n) is 8.69. The van der Waals surface area contributed by atoms with Crippen LogP contribution in [0, 0.1) is 11.6 Å². The fourth-order valence-electron chi connectivity index (χ4n) is 3.20. The van der Waals surface area contributed by atoms with Crippen LogP contribution in [0.25, 0.3) is 0 Å². The molecule has 0 aliphatic carbocycles. The molecule has 0 bridgehead atoms. The molecule has 2 atom stereocenters. The smallest absolute Gasteiger partial charge is 0.253 e. The quantitative estimate of drug-likeness (QED) is 0.859. The average Bonchev–Trinajstić information content (AvgIpc) is 2.62. The van der Waals surface area contributed by atoms with Crippen molar-refractivity contribution < 1.29 is 23.5 Å². The second kappa shape index (κ2) is 8.26. The van der Waals surface area contributed by atoms with Crippen LogP contribution in [-0.2, 0) is 11.2 Å². The number of nitrogens with zero attached hydrogens (tertiary/aromatic N) is 1. The van der Waals surface area contributed by atoms with Crippen LogP contribution in [0.2, 0.25) is 0 Å². The van der Waals surface area contributed by atoms with Crippen molar-refractivity contribution in [2.24, 2.45) is 0 Å². The van der Waals surface area contributed by atoms with E-state index in [0.717, 1.165) is 18.2 Å². The van der Waals surface area contributed by atoms with Crippen LogP contribution in [0.5, 0.6) is 0 Å². The maximum atomic E-state index is 13.2. The Hall–Kier alpha value is -2.80. The van der Waals surface area contributed by atoms with Gasteiger partial charge in [-0.3, -0.25) is 9.59 Å². The van der Waals surface area contributed by atoms with Gasteiger partial charge in [-0.25, -0.2) is 8.78 Å². The molecular formula is C20H20F2N2O3. The molecule has 1 fully saturated rings. The third-order valence-corrected chi connectivity index (χ3v) is 4.52. The van der Waals surface area contributed by atoms with Gasteiger partial charge in [-0.05, 0) is 36.2 Å². The number of likely N-dealkylation sites (tertiary alicyclic amines) is 1. The van der Waals surface area contributed by atoms with E-state index in [4.69, 9.17) is 0 Å². The number of halogens is 2. The number of hydrogen-bond donors (Lipinski definition) is 2. The van der Waals surface area contributed by atoms with Gasteiger partial charge < -0.3 is 15.3 Å². The lowest BCUT2D eigenvalue weighted by molar-refractivity contribution is -0.122. The Balaban J connectivity index is 1.55. The Labute approximate surface area is 155 Å². The minimum atomic E-state index is -0.917.